The maximum Gasteiger partial charge on any atom is 0.246 e. The Balaban J connectivity index is 2.68. The number of carbonyl (C=O) groups is 1. The number of aromatic nitrogens is 2. The summed E-state index contributed by atoms with van der Waals surface area (Å²) in [5.41, 5.74) is 1.03. The van der Waals surface area contributed by atoms with Gasteiger partial charge < -0.3 is 4.90 Å². The van der Waals surface area contributed by atoms with E-state index in [1.165, 1.54) is 6.08 Å². The molecule has 0 aliphatic carbocycles. The molecule has 0 aliphatic heterocycles. The van der Waals surface area contributed by atoms with Crippen LogP contribution in [0.15, 0.2) is 24.9 Å². The lowest BCUT2D eigenvalue weighted by atomic mass is 10.3. The molecular formula is C10H15N3O. The number of aryl methyl sites for hydroxylation is 1. The molecule has 0 N–H and O–H groups in total. The molecule has 76 valence electrons. The fraction of sp³-hybridized carbons (Fsp3) is 0.400. The quantitative estimate of drug-likeness (QED) is 0.670. The zero-order valence-corrected chi connectivity index (χ0v) is 8.60. The van der Waals surface area contributed by atoms with Crippen LogP contribution < -0.4 is 0 Å². The highest BCUT2D eigenvalue weighted by Crippen LogP contribution is 2.03. The van der Waals surface area contributed by atoms with E-state index in [0.717, 1.165) is 12.2 Å². The van der Waals surface area contributed by atoms with Gasteiger partial charge in [0.25, 0.3) is 0 Å². The average molecular weight is 193 g/mol. The smallest absolute Gasteiger partial charge is 0.246 e. The van der Waals surface area contributed by atoms with Crippen LogP contribution in [-0.4, -0.2) is 27.6 Å². The molecule has 14 heavy (non-hydrogen) atoms. The van der Waals surface area contributed by atoms with Crippen molar-refractivity contribution < 1.29 is 4.79 Å². The summed E-state index contributed by atoms with van der Waals surface area (Å²) in [4.78, 5) is 12.8. The van der Waals surface area contributed by atoms with Gasteiger partial charge in [0.1, 0.15) is 0 Å². The van der Waals surface area contributed by atoms with Crippen LogP contribution in [0, 0.1) is 0 Å². The van der Waals surface area contributed by atoms with Gasteiger partial charge in [-0.1, -0.05) is 6.58 Å². The molecule has 0 unspecified atom stereocenters. The van der Waals surface area contributed by atoms with E-state index in [9.17, 15) is 4.79 Å². The van der Waals surface area contributed by atoms with Crippen molar-refractivity contribution in [2.75, 3.05) is 7.05 Å². The van der Waals surface area contributed by atoms with Crippen molar-refractivity contribution in [3.05, 3.63) is 30.6 Å². The normalized spacial score (nSPS) is 9.86. The molecule has 4 heteroatoms. The van der Waals surface area contributed by atoms with Crippen molar-refractivity contribution >= 4 is 5.91 Å². The van der Waals surface area contributed by atoms with Crippen molar-refractivity contribution in [1.29, 1.82) is 0 Å². The lowest BCUT2D eigenvalue weighted by Crippen LogP contribution is -2.25. The Bertz CT molecular complexity index is 330. The second-order valence-corrected chi connectivity index (χ2v) is 3.04. The first-order valence-electron chi connectivity index (χ1n) is 4.57. The number of amides is 1. The van der Waals surface area contributed by atoms with Crippen LogP contribution in [0.25, 0.3) is 0 Å². The van der Waals surface area contributed by atoms with Gasteiger partial charge in [0.15, 0.2) is 0 Å². The van der Waals surface area contributed by atoms with E-state index in [1.807, 2.05) is 17.7 Å². The third-order valence-corrected chi connectivity index (χ3v) is 2.05. The third-order valence-electron chi connectivity index (χ3n) is 2.05. The molecule has 1 heterocycles. The van der Waals surface area contributed by atoms with Gasteiger partial charge in [0.05, 0.1) is 12.2 Å². The van der Waals surface area contributed by atoms with Crippen LogP contribution in [0.4, 0.5) is 0 Å². The summed E-state index contributed by atoms with van der Waals surface area (Å²) in [6, 6.07) is 1.91. The topological polar surface area (TPSA) is 38.1 Å². The van der Waals surface area contributed by atoms with Gasteiger partial charge in [-0.05, 0) is 19.1 Å². The number of likely N-dealkylation sites (N-methyl/N-ethyl adjacent to an activating group) is 1. The average Bonchev–Trinajstić information content (AvgIpc) is 2.63. The maximum absolute atomic E-state index is 11.2. The van der Waals surface area contributed by atoms with Crippen LogP contribution in [-0.2, 0) is 17.9 Å². The lowest BCUT2D eigenvalue weighted by Gasteiger charge is -2.15. The Hall–Kier alpha value is -1.58. The first-order chi connectivity index (χ1) is 6.69. The number of hydrogen-bond acceptors (Lipinski definition) is 2. The molecule has 1 aromatic heterocycles. The number of carbonyl (C=O) groups excluding carboxylic acids is 1. The van der Waals surface area contributed by atoms with E-state index in [2.05, 4.69) is 11.7 Å². The van der Waals surface area contributed by atoms with Gasteiger partial charge in [-0.2, -0.15) is 5.10 Å². The summed E-state index contributed by atoms with van der Waals surface area (Å²) in [7, 11) is 1.75. The van der Waals surface area contributed by atoms with Crippen LogP contribution in [0.2, 0.25) is 0 Å². The van der Waals surface area contributed by atoms with Crippen LogP contribution in [0.1, 0.15) is 12.6 Å². The van der Waals surface area contributed by atoms with Gasteiger partial charge in [0, 0.05) is 19.8 Å². The number of hydrogen-bond donors (Lipinski definition) is 0. The Morgan fingerprint density at radius 3 is 3.07 bits per heavy atom. The van der Waals surface area contributed by atoms with Crippen LogP contribution in [0.3, 0.4) is 0 Å². The van der Waals surface area contributed by atoms with E-state index in [4.69, 9.17) is 0 Å². The van der Waals surface area contributed by atoms with E-state index in [1.54, 1.807) is 18.1 Å². The molecule has 0 fully saturated rings. The maximum atomic E-state index is 11.2. The molecule has 1 rings (SSSR count). The predicted octanol–water partition coefficient (Wildman–Crippen LogP) is 1.05. The second kappa shape index (κ2) is 4.60. The minimum atomic E-state index is -0.0751. The molecule has 0 aromatic carbocycles. The lowest BCUT2D eigenvalue weighted by molar-refractivity contribution is -0.125. The molecular weight excluding hydrogens is 178 g/mol. The molecule has 0 bridgehead atoms. The summed E-state index contributed by atoms with van der Waals surface area (Å²) < 4.78 is 1.87. The second-order valence-electron chi connectivity index (χ2n) is 3.04. The Labute approximate surface area is 83.8 Å². The summed E-state index contributed by atoms with van der Waals surface area (Å²) in [6.45, 7) is 6.85. The molecule has 0 saturated carbocycles. The summed E-state index contributed by atoms with van der Waals surface area (Å²) in [6.07, 6.45) is 3.05. The molecule has 0 spiro atoms. The van der Waals surface area contributed by atoms with Crippen molar-refractivity contribution in [2.45, 2.75) is 20.0 Å². The van der Waals surface area contributed by atoms with Crippen molar-refractivity contribution in [3.63, 3.8) is 0 Å². The Kier molecular flexibility index (Phi) is 3.45. The monoisotopic (exact) mass is 193 g/mol. The van der Waals surface area contributed by atoms with Crippen molar-refractivity contribution in [1.82, 2.24) is 14.7 Å². The summed E-state index contributed by atoms with van der Waals surface area (Å²) >= 11 is 0. The minimum absolute atomic E-state index is 0.0751. The summed E-state index contributed by atoms with van der Waals surface area (Å²) in [5, 5.41) is 4.13. The van der Waals surface area contributed by atoms with Gasteiger partial charge >= 0.3 is 0 Å². The van der Waals surface area contributed by atoms with Crippen LogP contribution >= 0.6 is 0 Å². The highest BCUT2D eigenvalue weighted by molar-refractivity contribution is 5.86. The first-order valence-corrected chi connectivity index (χ1v) is 4.57. The van der Waals surface area contributed by atoms with Gasteiger partial charge in [-0.3, -0.25) is 9.48 Å². The van der Waals surface area contributed by atoms with E-state index in [0.29, 0.717) is 6.54 Å². The first kappa shape index (κ1) is 10.5. The predicted molar refractivity (Wildman–Crippen MR) is 54.6 cm³/mol. The zero-order valence-electron chi connectivity index (χ0n) is 8.60. The third kappa shape index (κ3) is 2.22. The van der Waals surface area contributed by atoms with E-state index in [-0.39, 0.29) is 5.91 Å². The molecule has 0 atom stereocenters. The zero-order chi connectivity index (χ0) is 10.6. The van der Waals surface area contributed by atoms with Gasteiger partial charge in [0.2, 0.25) is 5.91 Å². The van der Waals surface area contributed by atoms with Gasteiger partial charge in [-0.15, -0.1) is 0 Å². The molecule has 1 aromatic rings. The summed E-state index contributed by atoms with van der Waals surface area (Å²) in [5.74, 6) is -0.0751. The molecule has 0 radical (unpaired) electrons. The molecule has 1 amide bonds. The Morgan fingerprint density at radius 2 is 2.50 bits per heavy atom. The molecule has 0 saturated heterocycles. The fourth-order valence-corrected chi connectivity index (χ4v) is 1.26. The highest BCUT2D eigenvalue weighted by Gasteiger charge is 2.07. The van der Waals surface area contributed by atoms with Gasteiger partial charge in [-0.25, -0.2) is 0 Å². The van der Waals surface area contributed by atoms with Crippen molar-refractivity contribution in [2.24, 2.45) is 0 Å². The number of rotatable bonds is 4. The van der Waals surface area contributed by atoms with Crippen molar-refractivity contribution in [3.8, 4) is 0 Å². The number of nitrogens with zero attached hydrogens (tertiary/aromatic N) is 3. The Morgan fingerprint density at radius 1 is 1.79 bits per heavy atom. The largest absolute Gasteiger partial charge is 0.336 e. The molecule has 0 aliphatic rings. The SMILES string of the molecule is C=CC(=O)N(C)Cc1ccnn1CC. The van der Waals surface area contributed by atoms with E-state index < -0.39 is 0 Å². The molecule has 4 nitrogen and oxygen atoms in total. The minimum Gasteiger partial charge on any atom is -0.336 e. The van der Waals surface area contributed by atoms with E-state index >= 15 is 0 Å². The standard InChI is InChI=1S/C10H15N3O/c1-4-10(14)12(3)8-9-6-7-11-13(9)5-2/h4,6-7H,1,5,8H2,2-3H3. The fourth-order valence-electron chi connectivity index (χ4n) is 1.26. The highest BCUT2D eigenvalue weighted by atomic mass is 16.2. The van der Waals surface area contributed by atoms with Crippen LogP contribution in [0.5, 0.6) is 0 Å².